The van der Waals surface area contributed by atoms with Gasteiger partial charge in [0, 0.05) is 46.6 Å². The molecule has 1 saturated heterocycles. The van der Waals surface area contributed by atoms with Crippen LogP contribution in [-0.2, 0) is 17.4 Å². The summed E-state index contributed by atoms with van der Waals surface area (Å²) in [6.45, 7) is 3.73. The number of benzene rings is 1. The summed E-state index contributed by atoms with van der Waals surface area (Å²) in [6.07, 6.45) is 0. The Bertz CT molecular complexity index is 396. The molecule has 0 aliphatic carbocycles. The third kappa shape index (κ3) is 2.44. The van der Waals surface area contributed by atoms with Gasteiger partial charge < -0.3 is 10.0 Å². The van der Waals surface area contributed by atoms with Crippen molar-refractivity contribution in [1.82, 2.24) is 0 Å². The molecule has 0 bridgehead atoms. The molecule has 0 spiro atoms. The molecule has 1 N–H and O–H groups in total. The fourth-order valence-electron chi connectivity index (χ4n) is 2.03. The lowest BCUT2D eigenvalue weighted by molar-refractivity contribution is 0.282. The number of aliphatic hydroxyl groups is 1. The fraction of sp³-hybridized carbons (Fsp3) is 0.500. The monoisotopic (exact) mass is 239 g/mol. The second-order valence-electron chi connectivity index (χ2n) is 4.13. The molecule has 1 aliphatic heterocycles. The zero-order valence-corrected chi connectivity index (χ0v) is 10.3. The van der Waals surface area contributed by atoms with Crippen molar-refractivity contribution < 1.29 is 9.32 Å². The summed E-state index contributed by atoms with van der Waals surface area (Å²) in [5.41, 5.74) is 3.21. The van der Waals surface area contributed by atoms with Crippen LogP contribution in [-0.4, -0.2) is 33.9 Å². The summed E-state index contributed by atoms with van der Waals surface area (Å²) in [6, 6.07) is 6.12. The first kappa shape index (κ1) is 11.6. The van der Waals surface area contributed by atoms with Crippen molar-refractivity contribution in [2.45, 2.75) is 13.5 Å². The number of hydrogen-bond acceptors (Lipinski definition) is 3. The number of aliphatic hydroxyl groups excluding tert-OH is 1. The molecule has 0 amide bonds. The highest BCUT2D eigenvalue weighted by Gasteiger charge is 2.17. The second kappa shape index (κ2) is 4.97. The summed E-state index contributed by atoms with van der Waals surface area (Å²) in [5, 5.41) is 9.34. The topological polar surface area (TPSA) is 40.5 Å². The van der Waals surface area contributed by atoms with Crippen molar-refractivity contribution in [3.8, 4) is 0 Å². The van der Waals surface area contributed by atoms with Gasteiger partial charge in [-0.25, -0.2) is 0 Å². The Labute approximate surface area is 98.5 Å². The summed E-state index contributed by atoms with van der Waals surface area (Å²) in [5.74, 6) is 1.47. The Morgan fingerprint density at radius 3 is 2.69 bits per heavy atom. The molecule has 0 aromatic heterocycles. The van der Waals surface area contributed by atoms with Crippen LogP contribution in [0.3, 0.4) is 0 Å². The van der Waals surface area contributed by atoms with Gasteiger partial charge in [-0.3, -0.25) is 4.21 Å². The lowest BCUT2D eigenvalue weighted by Crippen LogP contribution is -2.38. The van der Waals surface area contributed by atoms with Gasteiger partial charge in [0.2, 0.25) is 0 Å². The summed E-state index contributed by atoms with van der Waals surface area (Å²) < 4.78 is 11.3. The molecule has 1 heterocycles. The predicted molar refractivity (Wildman–Crippen MR) is 67.2 cm³/mol. The van der Waals surface area contributed by atoms with Gasteiger partial charge in [-0.15, -0.1) is 0 Å². The molecule has 2 rings (SSSR count). The Kier molecular flexibility index (Phi) is 3.61. The van der Waals surface area contributed by atoms with Crippen LogP contribution in [0.4, 0.5) is 5.69 Å². The molecule has 1 aliphatic rings. The number of aryl methyl sites for hydroxylation is 1. The molecule has 3 nitrogen and oxygen atoms in total. The predicted octanol–water partition coefficient (Wildman–Crippen LogP) is 1.06. The molecule has 0 atom stereocenters. The van der Waals surface area contributed by atoms with Crippen molar-refractivity contribution in [1.29, 1.82) is 0 Å². The minimum absolute atomic E-state index is 0.0661. The average molecular weight is 239 g/mol. The molecule has 1 aromatic rings. The molecule has 88 valence electrons. The molecular formula is C12H17NO2S. The van der Waals surface area contributed by atoms with E-state index >= 15 is 0 Å². The first-order valence-corrected chi connectivity index (χ1v) is 7.00. The maximum Gasteiger partial charge on any atom is 0.0702 e. The SMILES string of the molecule is Cc1ccc(N2CCS(=O)CC2)c(CO)c1. The molecule has 1 aromatic carbocycles. The van der Waals surface area contributed by atoms with E-state index in [9.17, 15) is 9.32 Å². The van der Waals surface area contributed by atoms with Crippen LogP contribution in [0.1, 0.15) is 11.1 Å². The number of nitrogens with zero attached hydrogens (tertiary/aromatic N) is 1. The maximum atomic E-state index is 11.3. The van der Waals surface area contributed by atoms with Crippen LogP contribution in [0.15, 0.2) is 18.2 Å². The van der Waals surface area contributed by atoms with E-state index < -0.39 is 10.8 Å². The lowest BCUT2D eigenvalue weighted by Gasteiger charge is -2.30. The summed E-state index contributed by atoms with van der Waals surface area (Å²) in [7, 11) is -0.652. The van der Waals surface area contributed by atoms with Crippen molar-refractivity contribution in [2.24, 2.45) is 0 Å². The molecule has 4 heteroatoms. The second-order valence-corrected chi connectivity index (χ2v) is 5.82. The Morgan fingerprint density at radius 2 is 2.06 bits per heavy atom. The van der Waals surface area contributed by atoms with Crippen LogP contribution in [0.25, 0.3) is 0 Å². The standard InChI is InChI=1S/C12H17NO2S/c1-10-2-3-12(11(8-10)9-14)13-4-6-16(15)7-5-13/h2-3,8,14H,4-7,9H2,1H3. The minimum Gasteiger partial charge on any atom is -0.392 e. The molecule has 0 unspecified atom stereocenters. The third-order valence-corrected chi connectivity index (χ3v) is 4.20. The molecule has 1 fully saturated rings. The third-order valence-electron chi connectivity index (χ3n) is 2.92. The average Bonchev–Trinajstić information content (AvgIpc) is 2.30. The summed E-state index contributed by atoms with van der Waals surface area (Å²) in [4.78, 5) is 2.21. The van der Waals surface area contributed by atoms with Crippen LogP contribution in [0.5, 0.6) is 0 Å². The molecule has 0 radical (unpaired) electrons. The normalized spacial score (nSPS) is 17.8. The van der Waals surface area contributed by atoms with Gasteiger partial charge in [0.25, 0.3) is 0 Å². The van der Waals surface area contributed by atoms with E-state index in [1.54, 1.807) is 0 Å². The van der Waals surface area contributed by atoms with Gasteiger partial charge in [-0.1, -0.05) is 17.7 Å². The zero-order valence-electron chi connectivity index (χ0n) is 9.48. The van der Waals surface area contributed by atoms with Crippen molar-refractivity contribution in [3.05, 3.63) is 29.3 Å². The van der Waals surface area contributed by atoms with Gasteiger partial charge >= 0.3 is 0 Å². The van der Waals surface area contributed by atoms with Crippen LogP contribution >= 0.6 is 0 Å². The zero-order chi connectivity index (χ0) is 11.5. The minimum atomic E-state index is -0.652. The van der Waals surface area contributed by atoms with Crippen molar-refractivity contribution in [2.75, 3.05) is 29.5 Å². The Hall–Kier alpha value is -0.870. The van der Waals surface area contributed by atoms with E-state index in [2.05, 4.69) is 17.0 Å². The maximum absolute atomic E-state index is 11.3. The number of hydrogen-bond donors (Lipinski definition) is 1. The van der Waals surface area contributed by atoms with E-state index in [-0.39, 0.29) is 6.61 Å². The fourth-order valence-corrected chi connectivity index (χ4v) is 3.08. The Balaban J connectivity index is 2.22. The lowest BCUT2D eigenvalue weighted by atomic mass is 10.1. The van der Waals surface area contributed by atoms with Gasteiger partial charge in [-0.05, 0) is 13.0 Å². The Morgan fingerprint density at radius 1 is 1.38 bits per heavy atom. The molecule has 0 saturated carbocycles. The van der Waals surface area contributed by atoms with E-state index in [1.165, 1.54) is 0 Å². The first-order chi connectivity index (χ1) is 7.70. The highest BCUT2D eigenvalue weighted by atomic mass is 32.2. The largest absolute Gasteiger partial charge is 0.392 e. The van der Waals surface area contributed by atoms with Gasteiger partial charge in [0.1, 0.15) is 0 Å². The van der Waals surface area contributed by atoms with E-state index in [1.807, 2.05) is 13.0 Å². The quantitative estimate of drug-likeness (QED) is 0.839. The number of rotatable bonds is 2. The van der Waals surface area contributed by atoms with Crippen LogP contribution < -0.4 is 4.90 Å². The highest BCUT2D eigenvalue weighted by molar-refractivity contribution is 7.85. The first-order valence-electron chi connectivity index (χ1n) is 5.51. The van der Waals surface area contributed by atoms with Crippen LogP contribution in [0.2, 0.25) is 0 Å². The summed E-state index contributed by atoms with van der Waals surface area (Å²) >= 11 is 0. The van der Waals surface area contributed by atoms with Gasteiger partial charge in [0.05, 0.1) is 6.61 Å². The van der Waals surface area contributed by atoms with Crippen molar-refractivity contribution in [3.63, 3.8) is 0 Å². The van der Waals surface area contributed by atoms with E-state index in [0.717, 1.165) is 41.4 Å². The van der Waals surface area contributed by atoms with Gasteiger partial charge in [0.15, 0.2) is 0 Å². The molecule has 16 heavy (non-hydrogen) atoms. The van der Waals surface area contributed by atoms with E-state index in [0.29, 0.717) is 0 Å². The highest BCUT2D eigenvalue weighted by Crippen LogP contribution is 2.23. The van der Waals surface area contributed by atoms with Crippen molar-refractivity contribution >= 4 is 16.5 Å². The van der Waals surface area contributed by atoms with E-state index in [4.69, 9.17) is 0 Å². The smallest absolute Gasteiger partial charge is 0.0702 e. The molecular weight excluding hydrogens is 222 g/mol. The van der Waals surface area contributed by atoms with Crippen LogP contribution in [0, 0.1) is 6.92 Å². The number of anilines is 1. The van der Waals surface area contributed by atoms with Gasteiger partial charge in [-0.2, -0.15) is 0 Å².